The molecule has 1 N–H and O–H groups in total. The van der Waals surface area contributed by atoms with Crippen molar-refractivity contribution >= 4 is 12.0 Å². The molecule has 0 rings (SSSR count). The number of carbonyl (C=O) groups is 2. The van der Waals surface area contributed by atoms with E-state index in [1.54, 1.807) is 6.92 Å². The Hall–Kier alpha value is -1.26. The lowest BCUT2D eigenvalue weighted by Gasteiger charge is -2.27. The van der Waals surface area contributed by atoms with Gasteiger partial charge in [-0.25, -0.2) is 4.79 Å². The molecule has 0 aliphatic heterocycles. The van der Waals surface area contributed by atoms with E-state index in [2.05, 4.69) is 19.2 Å². The summed E-state index contributed by atoms with van der Waals surface area (Å²) in [5.41, 5.74) is -0.576. The number of rotatable bonds is 36. The quantitative estimate of drug-likeness (QED) is 0.0665. The van der Waals surface area contributed by atoms with Crippen molar-refractivity contribution in [2.75, 3.05) is 13.1 Å². The Morgan fingerprint density at radius 2 is 0.714 bits per heavy atom. The van der Waals surface area contributed by atoms with Crippen molar-refractivity contribution < 1.29 is 14.3 Å². The maximum absolute atomic E-state index is 13.4. The van der Waals surface area contributed by atoms with Crippen LogP contribution in [0, 0.1) is 0 Å². The number of hydrogen-bond donors (Lipinski definition) is 1. The third-order valence-electron chi connectivity index (χ3n) is 9.98. The molecule has 292 valence electrons. The van der Waals surface area contributed by atoms with Crippen molar-refractivity contribution in [1.82, 2.24) is 10.2 Å². The molecule has 0 aromatic carbocycles. The molecule has 0 spiro atoms. The maximum atomic E-state index is 13.4. The highest BCUT2D eigenvalue weighted by Gasteiger charge is 2.24. The molecule has 0 bridgehead atoms. The number of amides is 2. The molecule has 0 fully saturated rings. The van der Waals surface area contributed by atoms with E-state index in [1.165, 1.54) is 193 Å². The summed E-state index contributed by atoms with van der Waals surface area (Å²) >= 11 is 0. The fourth-order valence-electron chi connectivity index (χ4n) is 6.85. The van der Waals surface area contributed by atoms with Gasteiger partial charge in [0.25, 0.3) is 0 Å². The lowest BCUT2D eigenvalue weighted by Crippen LogP contribution is -2.48. The molecule has 0 radical (unpaired) electrons. The zero-order chi connectivity index (χ0) is 36.3. The summed E-state index contributed by atoms with van der Waals surface area (Å²) in [7, 11) is 0. The Morgan fingerprint density at radius 1 is 0.469 bits per heavy atom. The summed E-state index contributed by atoms with van der Waals surface area (Å²) in [6.07, 6.45) is 42.7. The minimum Gasteiger partial charge on any atom is -0.444 e. The molecule has 5 nitrogen and oxygen atoms in total. The van der Waals surface area contributed by atoms with Crippen molar-refractivity contribution in [1.29, 1.82) is 0 Å². The van der Waals surface area contributed by atoms with Gasteiger partial charge in [0.05, 0.1) is 0 Å². The Kier molecular flexibility index (Phi) is 34.3. The summed E-state index contributed by atoms with van der Waals surface area (Å²) in [4.78, 5) is 27.7. The van der Waals surface area contributed by atoms with E-state index in [4.69, 9.17) is 4.74 Å². The number of nitrogens with zero attached hydrogens (tertiary/aromatic N) is 1. The van der Waals surface area contributed by atoms with Crippen LogP contribution in [0.5, 0.6) is 0 Å². The summed E-state index contributed by atoms with van der Waals surface area (Å²) in [5.74, 6) is 0.0211. The van der Waals surface area contributed by atoms with Crippen LogP contribution in [0.4, 0.5) is 4.79 Å². The van der Waals surface area contributed by atoms with Crippen LogP contribution in [0.25, 0.3) is 0 Å². The molecule has 0 saturated heterocycles. The smallest absolute Gasteiger partial charge is 0.408 e. The third kappa shape index (κ3) is 34.9. The SMILES string of the molecule is CCCCCCCCCCCCCCCCCCN(CCCCCCCCCCCCCCCCCC)C(=O)C(C)NC(=O)OC(C)(C)C. The highest BCUT2D eigenvalue weighted by Crippen LogP contribution is 2.16. The minimum absolute atomic E-state index is 0.0211. The molecule has 1 unspecified atom stereocenters. The molecule has 0 saturated carbocycles. The van der Waals surface area contributed by atoms with Crippen molar-refractivity contribution in [3.05, 3.63) is 0 Å². The zero-order valence-electron chi connectivity index (χ0n) is 34.3. The number of ether oxygens (including phenoxy) is 1. The maximum Gasteiger partial charge on any atom is 0.408 e. The monoisotopic (exact) mass is 693 g/mol. The van der Waals surface area contributed by atoms with Gasteiger partial charge < -0.3 is 15.0 Å². The second-order valence-corrected chi connectivity index (χ2v) is 16.3. The molecule has 0 heterocycles. The molecule has 1 atom stereocenters. The predicted molar refractivity (Wildman–Crippen MR) is 215 cm³/mol. The molecule has 5 heteroatoms. The molecular weight excluding hydrogens is 604 g/mol. The van der Waals surface area contributed by atoms with Gasteiger partial charge in [0.1, 0.15) is 11.6 Å². The van der Waals surface area contributed by atoms with E-state index >= 15 is 0 Å². The van der Waals surface area contributed by atoms with Gasteiger partial charge in [-0.05, 0) is 40.5 Å². The second-order valence-electron chi connectivity index (χ2n) is 16.3. The van der Waals surface area contributed by atoms with Gasteiger partial charge in [-0.3, -0.25) is 4.79 Å². The van der Waals surface area contributed by atoms with Gasteiger partial charge in [-0.1, -0.05) is 206 Å². The molecule has 0 aromatic rings. The average Bonchev–Trinajstić information content (AvgIpc) is 3.05. The van der Waals surface area contributed by atoms with Crippen molar-refractivity contribution in [3.63, 3.8) is 0 Å². The lowest BCUT2D eigenvalue weighted by atomic mass is 10.0. The fourth-order valence-corrected chi connectivity index (χ4v) is 6.85. The van der Waals surface area contributed by atoms with E-state index in [1.807, 2.05) is 25.7 Å². The summed E-state index contributed by atoms with van der Waals surface area (Å²) in [6.45, 7) is 13.5. The summed E-state index contributed by atoms with van der Waals surface area (Å²) in [5, 5.41) is 2.78. The van der Waals surface area contributed by atoms with E-state index in [0.29, 0.717) is 0 Å². The lowest BCUT2D eigenvalue weighted by molar-refractivity contribution is -0.133. The predicted octanol–water partition coefficient (Wildman–Crippen LogP) is 14.3. The third-order valence-corrected chi connectivity index (χ3v) is 9.98. The molecular formula is C44H88N2O3. The van der Waals surface area contributed by atoms with E-state index in [-0.39, 0.29) is 5.91 Å². The standard InChI is InChI=1S/C44H88N2O3/c1-7-9-11-13-15-17-19-21-23-25-27-29-31-33-35-37-39-46(42(47)41(3)45-43(48)49-44(4,5)6)40-38-36-34-32-30-28-26-24-22-20-18-16-14-12-10-8-2/h41H,7-40H2,1-6H3,(H,45,48). The molecule has 49 heavy (non-hydrogen) atoms. The van der Waals surface area contributed by atoms with Crippen LogP contribution >= 0.6 is 0 Å². The van der Waals surface area contributed by atoms with Crippen LogP contribution in [0.2, 0.25) is 0 Å². The number of nitrogens with one attached hydrogen (secondary N) is 1. The van der Waals surface area contributed by atoms with Crippen LogP contribution in [0.3, 0.4) is 0 Å². The fraction of sp³-hybridized carbons (Fsp3) is 0.955. The van der Waals surface area contributed by atoms with Crippen molar-refractivity contribution in [2.45, 2.75) is 259 Å². The van der Waals surface area contributed by atoms with Gasteiger partial charge in [0, 0.05) is 13.1 Å². The Labute approximate surface area is 307 Å². The normalized spacial score (nSPS) is 12.3. The highest BCUT2D eigenvalue weighted by atomic mass is 16.6. The van der Waals surface area contributed by atoms with Crippen LogP contribution in [0.15, 0.2) is 0 Å². The Bertz CT molecular complexity index is 683. The minimum atomic E-state index is -0.576. The van der Waals surface area contributed by atoms with E-state index < -0.39 is 17.7 Å². The molecule has 0 aliphatic carbocycles. The average molecular weight is 693 g/mol. The first-order valence-corrected chi connectivity index (χ1v) is 22.0. The van der Waals surface area contributed by atoms with Gasteiger partial charge >= 0.3 is 6.09 Å². The molecule has 0 aliphatic rings. The second kappa shape index (κ2) is 35.2. The summed E-state index contributed by atoms with van der Waals surface area (Å²) < 4.78 is 5.41. The first-order valence-electron chi connectivity index (χ1n) is 22.0. The molecule has 0 aromatic heterocycles. The van der Waals surface area contributed by atoms with Crippen molar-refractivity contribution in [2.24, 2.45) is 0 Å². The Morgan fingerprint density at radius 3 is 0.959 bits per heavy atom. The topological polar surface area (TPSA) is 58.6 Å². The number of hydrogen-bond acceptors (Lipinski definition) is 3. The highest BCUT2D eigenvalue weighted by molar-refractivity contribution is 5.85. The van der Waals surface area contributed by atoms with Crippen molar-refractivity contribution in [3.8, 4) is 0 Å². The van der Waals surface area contributed by atoms with E-state index in [9.17, 15) is 9.59 Å². The van der Waals surface area contributed by atoms with Gasteiger partial charge in [-0.15, -0.1) is 0 Å². The van der Waals surface area contributed by atoms with Crippen LogP contribution in [-0.4, -0.2) is 41.6 Å². The van der Waals surface area contributed by atoms with Crippen LogP contribution in [0.1, 0.15) is 247 Å². The largest absolute Gasteiger partial charge is 0.444 e. The van der Waals surface area contributed by atoms with Gasteiger partial charge in [0.2, 0.25) is 5.91 Å². The number of alkyl carbamates (subject to hydrolysis) is 1. The Balaban J connectivity index is 4.17. The number of carbonyl (C=O) groups excluding carboxylic acids is 2. The zero-order valence-corrected chi connectivity index (χ0v) is 34.3. The van der Waals surface area contributed by atoms with Gasteiger partial charge in [0.15, 0.2) is 0 Å². The van der Waals surface area contributed by atoms with E-state index in [0.717, 1.165) is 25.9 Å². The van der Waals surface area contributed by atoms with Gasteiger partial charge in [-0.2, -0.15) is 0 Å². The van der Waals surface area contributed by atoms with Crippen LogP contribution in [-0.2, 0) is 9.53 Å². The first-order chi connectivity index (χ1) is 23.7. The van der Waals surface area contributed by atoms with Crippen LogP contribution < -0.4 is 5.32 Å². The summed E-state index contributed by atoms with van der Waals surface area (Å²) in [6, 6.07) is -0.572. The first kappa shape index (κ1) is 47.7. The number of unbranched alkanes of at least 4 members (excludes halogenated alkanes) is 30. The molecule has 2 amide bonds.